The van der Waals surface area contributed by atoms with E-state index in [-0.39, 0.29) is 5.41 Å². The summed E-state index contributed by atoms with van der Waals surface area (Å²) in [6.45, 7) is 3.02. The van der Waals surface area contributed by atoms with Crippen molar-refractivity contribution in [1.29, 1.82) is 0 Å². The molecule has 2 rings (SSSR count). The molecule has 20 heavy (non-hydrogen) atoms. The molecule has 1 fully saturated rings. The predicted molar refractivity (Wildman–Crippen MR) is 79.7 cm³/mol. The van der Waals surface area contributed by atoms with Gasteiger partial charge >= 0.3 is 0 Å². The van der Waals surface area contributed by atoms with Crippen LogP contribution in [0.25, 0.3) is 0 Å². The monoisotopic (exact) mass is 299 g/mol. The fourth-order valence-corrected chi connectivity index (χ4v) is 4.15. The molecule has 0 radical (unpaired) electrons. The molecule has 1 aliphatic carbocycles. The Balaban J connectivity index is 2.06. The van der Waals surface area contributed by atoms with Gasteiger partial charge in [0.25, 0.3) is 0 Å². The maximum atomic E-state index is 12.3. The van der Waals surface area contributed by atoms with E-state index in [1.807, 2.05) is 7.05 Å². The molecule has 0 saturated heterocycles. The van der Waals surface area contributed by atoms with Gasteiger partial charge in [-0.1, -0.05) is 26.2 Å². The van der Waals surface area contributed by atoms with Gasteiger partial charge in [0.15, 0.2) is 0 Å². The first kappa shape index (κ1) is 15.5. The second-order valence-electron chi connectivity index (χ2n) is 6.18. The van der Waals surface area contributed by atoms with Gasteiger partial charge < -0.3 is 10.3 Å². The lowest BCUT2D eigenvalue weighted by atomic mass is 9.76. The molecule has 3 N–H and O–H groups in total. The fourth-order valence-electron chi connectivity index (χ4n) is 2.86. The van der Waals surface area contributed by atoms with Crippen LogP contribution in [0.15, 0.2) is 17.2 Å². The van der Waals surface area contributed by atoms with Crippen molar-refractivity contribution in [2.24, 2.45) is 18.2 Å². The Hall–Kier alpha value is -0.850. The molecule has 1 heterocycles. The molecule has 0 aliphatic heterocycles. The molecule has 1 aliphatic rings. The summed E-state index contributed by atoms with van der Waals surface area (Å²) in [5.41, 5.74) is 6.49. The number of hydrogen-bond acceptors (Lipinski definition) is 3. The van der Waals surface area contributed by atoms with Crippen molar-refractivity contribution in [3.63, 3.8) is 0 Å². The van der Waals surface area contributed by atoms with E-state index in [9.17, 15) is 8.42 Å². The third-order valence-corrected chi connectivity index (χ3v) is 5.72. The summed E-state index contributed by atoms with van der Waals surface area (Å²) < 4.78 is 29.2. The predicted octanol–water partition coefficient (Wildman–Crippen LogP) is 1.73. The average molecular weight is 299 g/mol. The Kier molecular flexibility index (Phi) is 4.56. The van der Waals surface area contributed by atoms with Gasteiger partial charge in [0.2, 0.25) is 10.0 Å². The van der Waals surface area contributed by atoms with E-state index in [4.69, 9.17) is 5.73 Å². The van der Waals surface area contributed by atoms with E-state index in [1.54, 1.807) is 16.8 Å². The standard InChI is InChI=1S/C14H25N3O2S/c1-14(6-4-3-5-7-14)11-16-20(18,19)13-8-12(9-15)17(2)10-13/h8,10,16H,3-7,9,11,15H2,1-2H3. The zero-order valence-electron chi connectivity index (χ0n) is 12.4. The lowest BCUT2D eigenvalue weighted by Gasteiger charge is -2.33. The first-order valence-electron chi connectivity index (χ1n) is 7.21. The van der Waals surface area contributed by atoms with Crippen LogP contribution in [0.2, 0.25) is 0 Å². The molecule has 0 aromatic carbocycles. The molecule has 0 unspecified atom stereocenters. The summed E-state index contributed by atoms with van der Waals surface area (Å²) in [5, 5.41) is 0. The smallest absolute Gasteiger partial charge is 0.242 e. The fraction of sp³-hybridized carbons (Fsp3) is 0.714. The van der Waals surface area contributed by atoms with Crippen LogP contribution in [0, 0.1) is 5.41 Å². The van der Waals surface area contributed by atoms with Crippen molar-refractivity contribution >= 4 is 10.0 Å². The van der Waals surface area contributed by atoms with Crippen molar-refractivity contribution in [3.8, 4) is 0 Å². The van der Waals surface area contributed by atoms with Crippen molar-refractivity contribution in [3.05, 3.63) is 18.0 Å². The van der Waals surface area contributed by atoms with Gasteiger partial charge in [-0.25, -0.2) is 13.1 Å². The van der Waals surface area contributed by atoms with E-state index in [2.05, 4.69) is 11.6 Å². The van der Waals surface area contributed by atoms with Crippen molar-refractivity contribution in [1.82, 2.24) is 9.29 Å². The number of nitrogens with one attached hydrogen (secondary N) is 1. The third-order valence-electron chi connectivity index (χ3n) is 4.35. The molecular formula is C14H25N3O2S. The van der Waals surface area contributed by atoms with E-state index in [0.717, 1.165) is 18.5 Å². The van der Waals surface area contributed by atoms with E-state index < -0.39 is 10.0 Å². The molecule has 1 aromatic rings. The van der Waals surface area contributed by atoms with Crippen LogP contribution in [-0.4, -0.2) is 19.5 Å². The Labute approximate surface area is 121 Å². The Morgan fingerprint density at radius 1 is 1.35 bits per heavy atom. The first-order chi connectivity index (χ1) is 9.36. The van der Waals surface area contributed by atoms with Crippen molar-refractivity contribution in [2.75, 3.05) is 6.54 Å². The minimum absolute atomic E-state index is 0.0940. The zero-order valence-corrected chi connectivity index (χ0v) is 13.2. The highest BCUT2D eigenvalue weighted by atomic mass is 32.2. The molecule has 0 spiro atoms. The van der Waals surface area contributed by atoms with Gasteiger partial charge in [-0.15, -0.1) is 0 Å². The molecule has 6 heteroatoms. The maximum absolute atomic E-state index is 12.3. The minimum Gasteiger partial charge on any atom is -0.352 e. The van der Waals surface area contributed by atoms with Crippen LogP contribution in [0.4, 0.5) is 0 Å². The first-order valence-corrected chi connectivity index (χ1v) is 8.70. The Bertz CT molecular complexity index is 557. The van der Waals surface area contributed by atoms with Gasteiger partial charge in [-0.05, 0) is 24.3 Å². The summed E-state index contributed by atoms with van der Waals surface area (Å²) >= 11 is 0. The van der Waals surface area contributed by atoms with Crippen molar-refractivity contribution < 1.29 is 8.42 Å². The SMILES string of the molecule is Cn1cc(S(=O)(=O)NCC2(C)CCCCC2)cc1CN. The topological polar surface area (TPSA) is 77.1 Å². The Morgan fingerprint density at radius 2 is 2.00 bits per heavy atom. The lowest BCUT2D eigenvalue weighted by Crippen LogP contribution is -2.36. The van der Waals surface area contributed by atoms with E-state index >= 15 is 0 Å². The van der Waals surface area contributed by atoms with E-state index in [0.29, 0.717) is 18.0 Å². The molecular weight excluding hydrogens is 274 g/mol. The van der Waals surface area contributed by atoms with Crippen molar-refractivity contribution in [2.45, 2.75) is 50.5 Å². The second kappa shape index (κ2) is 5.87. The number of nitrogens with zero attached hydrogens (tertiary/aromatic N) is 1. The molecule has 114 valence electrons. The van der Waals surface area contributed by atoms with Gasteiger partial charge in [0.1, 0.15) is 0 Å². The number of hydrogen-bond donors (Lipinski definition) is 2. The lowest BCUT2D eigenvalue weighted by molar-refractivity contribution is 0.219. The number of aryl methyl sites for hydroxylation is 1. The highest BCUT2D eigenvalue weighted by Gasteiger charge is 2.29. The van der Waals surface area contributed by atoms with Crippen LogP contribution >= 0.6 is 0 Å². The molecule has 1 saturated carbocycles. The highest BCUT2D eigenvalue weighted by molar-refractivity contribution is 7.89. The second-order valence-corrected chi connectivity index (χ2v) is 7.94. The summed E-state index contributed by atoms with van der Waals surface area (Å²) in [7, 11) is -1.63. The van der Waals surface area contributed by atoms with Gasteiger partial charge in [-0.3, -0.25) is 0 Å². The molecule has 1 aromatic heterocycles. The normalized spacial score (nSPS) is 19.1. The third kappa shape index (κ3) is 3.42. The average Bonchev–Trinajstić information content (AvgIpc) is 2.80. The van der Waals surface area contributed by atoms with Gasteiger partial charge in [-0.2, -0.15) is 0 Å². The van der Waals surface area contributed by atoms with Crippen LogP contribution in [0.3, 0.4) is 0 Å². The summed E-state index contributed by atoms with van der Waals surface area (Å²) in [5.74, 6) is 0. The summed E-state index contributed by atoms with van der Waals surface area (Å²) in [4.78, 5) is 0.305. The quantitative estimate of drug-likeness (QED) is 0.869. The maximum Gasteiger partial charge on any atom is 0.242 e. The van der Waals surface area contributed by atoms with Gasteiger partial charge in [0, 0.05) is 32.0 Å². The minimum atomic E-state index is -3.44. The largest absolute Gasteiger partial charge is 0.352 e. The zero-order chi connectivity index (χ0) is 14.8. The molecule has 0 atom stereocenters. The number of nitrogens with two attached hydrogens (primary N) is 1. The van der Waals surface area contributed by atoms with Crippen LogP contribution in [0.5, 0.6) is 0 Å². The summed E-state index contributed by atoms with van der Waals surface area (Å²) in [6.07, 6.45) is 7.47. The molecule has 0 amide bonds. The van der Waals surface area contributed by atoms with Crippen LogP contribution < -0.4 is 10.5 Å². The number of rotatable bonds is 5. The van der Waals surface area contributed by atoms with E-state index in [1.165, 1.54) is 19.3 Å². The van der Waals surface area contributed by atoms with Gasteiger partial charge in [0.05, 0.1) is 4.90 Å². The molecule has 0 bridgehead atoms. The molecule has 5 nitrogen and oxygen atoms in total. The number of sulfonamides is 1. The number of aromatic nitrogens is 1. The highest BCUT2D eigenvalue weighted by Crippen LogP contribution is 2.35. The van der Waals surface area contributed by atoms with Crippen LogP contribution in [0.1, 0.15) is 44.7 Å². The Morgan fingerprint density at radius 3 is 2.55 bits per heavy atom. The summed E-state index contributed by atoms with van der Waals surface area (Å²) in [6, 6.07) is 1.64. The van der Waals surface area contributed by atoms with Crippen LogP contribution in [-0.2, 0) is 23.6 Å².